The fourth-order valence-electron chi connectivity index (χ4n) is 3.06. The Hall–Kier alpha value is -1.80. The minimum absolute atomic E-state index is 0.0740. The molecule has 0 aromatic heterocycles. The van der Waals surface area contributed by atoms with Crippen LogP contribution in [0.4, 0.5) is 0 Å². The molecule has 0 heterocycles. The van der Waals surface area contributed by atoms with E-state index in [1.54, 1.807) is 0 Å². The van der Waals surface area contributed by atoms with Crippen LogP contribution in [-0.2, 0) is 0 Å². The molecule has 1 fully saturated rings. The van der Waals surface area contributed by atoms with Crippen molar-refractivity contribution in [2.24, 2.45) is 11.3 Å². The highest BCUT2D eigenvalue weighted by Gasteiger charge is 2.20. The van der Waals surface area contributed by atoms with Crippen LogP contribution in [-0.4, -0.2) is 31.6 Å². The molecule has 0 radical (unpaired) electrons. The molecule has 28 heavy (non-hydrogen) atoms. The second-order valence-corrected chi connectivity index (χ2v) is 8.82. The van der Waals surface area contributed by atoms with Gasteiger partial charge in [0.25, 0.3) is 0 Å². The van der Waals surface area contributed by atoms with Crippen LogP contribution in [0.5, 0.6) is 5.75 Å². The number of benzene rings is 1. The summed E-state index contributed by atoms with van der Waals surface area (Å²) >= 11 is 0. The van der Waals surface area contributed by atoms with Crippen molar-refractivity contribution in [3.05, 3.63) is 65.8 Å². The summed E-state index contributed by atoms with van der Waals surface area (Å²) in [6.07, 6.45) is 16.6. The summed E-state index contributed by atoms with van der Waals surface area (Å²) in [5.74, 6) is 2.00. The first-order chi connectivity index (χ1) is 13.4. The van der Waals surface area contributed by atoms with Gasteiger partial charge in [-0.3, -0.25) is 0 Å². The number of nitrogens with zero attached hydrogens (tertiary/aromatic N) is 1. The molecule has 1 aromatic carbocycles. The van der Waals surface area contributed by atoms with Crippen LogP contribution in [0, 0.1) is 18.3 Å². The monoisotopic (exact) mass is 381 g/mol. The Labute approximate surface area is 173 Å². The van der Waals surface area contributed by atoms with E-state index < -0.39 is 0 Å². The number of aryl methyl sites for hydroxylation is 1. The highest BCUT2D eigenvalue weighted by molar-refractivity contribution is 5.33. The average Bonchev–Trinajstić information content (AvgIpc) is 3.47. The van der Waals surface area contributed by atoms with Gasteiger partial charge in [0.1, 0.15) is 12.4 Å². The van der Waals surface area contributed by atoms with Crippen molar-refractivity contribution in [2.45, 2.75) is 53.4 Å². The number of unbranched alkanes of at least 4 members (excludes halogenated alkanes) is 1. The summed E-state index contributed by atoms with van der Waals surface area (Å²) in [4.78, 5) is 2.42. The molecule has 0 saturated heterocycles. The lowest BCUT2D eigenvalue weighted by atomic mass is 9.89. The van der Waals surface area contributed by atoms with E-state index in [4.69, 9.17) is 4.74 Å². The van der Waals surface area contributed by atoms with Gasteiger partial charge in [0.05, 0.1) is 0 Å². The van der Waals surface area contributed by atoms with Gasteiger partial charge in [0.15, 0.2) is 0 Å². The van der Waals surface area contributed by atoms with Crippen molar-refractivity contribution in [3.63, 3.8) is 0 Å². The Bertz CT molecular complexity index is 666. The van der Waals surface area contributed by atoms with Crippen molar-refractivity contribution >= 4 is 0 Å². The minimum atomic E-state index is 0.0740. The Kier molecular flexibility index (Phi) is 9.05. The molecule has 0 amide bonds. The van der Waals surface area contributed by atoms with Gasteiger partial charge >= 0.3 is 0 Å². The molecule has 1 aromatic rings. The highest BCUT2D eigenvalue weighted by atomic mass is 16.5. The molecular weight excluding hydrogens is 342 g/mol. The van der Waals surface area contributed by atoms with Gasteiger partial charge in [0, 0.05) is 12.0 Å². The van der Waals surface area contributed by atoms with Crippen LogP contribution in [0.2, 0.25) is 0 Å². The predicted octanol–water partition coefficient (Wildman–Crippen LogP) is 6.58. The molecular formula is C26H39NO. The molecule has 1 saturated carbocycles. The number of rotatable bonds is 8. The molecule has 2 nitrogen and oxygen atoms in total. The highest BCUT2D eigenvalue weighted by Crippen LogP contribution is 2.27. The lowest BCUT2D eigenvalue weighted by Gasteiger charge is -2.28. The van der Waals surface area contributed by atoms with Gasteiger partial charge in [-0.05, 0) is 50.6 Å². The van der Waals surface area contributed by atoms with E-state index in [1.807, 2.05) is 12.1 Å². The summed E-state index contributed by atoms with van der Waals surface area (Å²) in [6, 6.07) is 8.21. The quantitative estimate of drug-likeness (QED) is 0.504. The van der Waals surface area contributed by atoms with Crippen LogP contribution in [0.25, 0.3) is 0 Å². The minimum Gasteiger partial charge on any atom is -0.489 e. The predicted molar refractivity (Wildman–Crippen MR) is 122 cm³/mol. The van der Waals surface area contributed by atoms with Gasteiger partial charge in [0.2, 0.25) is 0 Å². The number of hydrogen-bond donors (Lipinski definition) is 0. The van der Waals surface area contributed by atoms with Crippen molar-refractivity contribution in [1.82, 2.24) is 4.90 Å². The summed E-state index contributed by atoms with van der Waals surface area (Å²) in [5, 5.41) is 0. The third-order valence-corrected chi connectivity index (χ3v) is 5.26. The van der Waals surface area contributed by atoms with Crippen molar-refractivity contribution in [3.8, 4) is 5.75 Å². The van der Waals surface area contributed by atoms with Crippen LogP contribution in [0.1, 0.15) is 52.0 Å². The molecule has 3 rings (SSSR count). The first-order valence-electron chi connectivity index (χ1n) is 10.9. The standard InChI is InChI=1S/C22H31NO.C4H8/c1-5-6-16-23(4)18-22(3)14-7-8-20(13-15-22)17-24-21-11-9-19(2)10-12-21;1-4-2-3-4/h7-15H,5-6,16-18H2,1-4H3;4H,2-3H2,1H3. The van der Waals surface area contributed by atoms with Crippen molar-refractivity contribution < 1.29 is 4.74 Å². The fraction of sp³-hybridized carbons (Fsp3) is 0.538. The first kappa shape index (κ1) is 22.5. The Morgan fingerprint density at radius 3 is 2.43 bits per heavy atom. The Morgan fingerprint density at radius 1 is 1.14 bits per heavy atom. The fourth-order valence-corrected chi connectivity index (χ4v) is 3.06. The largest absolute Gasteiger partial charge is 0.489 e. The summed E-state index contributed by atoms with van der Waals surface area (Å²) < 4.78 is 5.89. The van der Waals surface area contributed by atoms with Gasteiger partial charge in [-0.1, -0.05) is 88.1 Å². The molecule has 154 valence electrons. The molecule has 0 spiro atoms. The third kappa shape index (κ3) is 8.93. The first-order valence-corrected chi connectivity index (χ1v) is 10.9. The number of allylic oxidation sites excluding steroid dienone is 2. The van der Waals surface area contributed by atoms with Gasteiger partial charge in [-0.2, -0.15) is 0 Å². The Balaban J connectivity index is 0.000000620. The zero-order valence-electron chi connectivity index (χ0n) is 18.6. The van der Waals surface area contributed by atoms with E-state index in [0.29, 0.717) is 6.61 Å². The lowest BCUT2D eigenvalue weighted by Crippen LogP contribution is -2.31. The zero-order valence-corrected chi connectivity index (χ0v) is 18.6. The molecule has 2 aliphatic rings. The van der Waals surface area contributed by atoms with Crippen LogP contribution in [0.3, 0.4) is 0 Å². The lowest BCUT2D eigenvalue weighted by molar-refractivity contribution is 0.266. The molecule has 1 unspecified atom stereocenters. The Morgan fingerprint density at radius 2 is 1.82 bits per heavy atom. The topological polar surface area (TPSA) is 12.5 Å². The van der Waals surface area contributed by atoms with Gasteiger partial charge in [-0.15, -0.1) is 0 Å². The SMILES string of the molecule is CC1CC1.CCCCN(C)CC1(C)C=CC=C(COc2ccc(C)cc2)C=C1. The molecule has 1 atom stereocenters. The number of hydrogen-bond acceptors (Lipinski definition) is 2. The maximum absolute atomic E-state index is 5.89. The van der Waals surface area contributed by atoms with Gasteiger partial charge in [-0.25, -0.2) is 0 Å². The van der Waals surface area contributed by atoms with E-state index in [-0.39, 0.29) is 5.41 Å². The summed E-state index contributed by atoms with van der Waals surface area (Å²) in [6.45, 7) is 11.7. The van der Waals surface area contributed by atoms with Crippen molar-refractivity contribution in [2.75, 3.05) is 26.7 Å². The second-order valence-electron chi connectivity index (χ2n) is 8.82. The normalized spacial score (nSPS) is 21.0. The molecule has 2 heteroatoms. The average molecular weight is 382 g/mol. The maximum atomic E-state index is 5.89. The smallest absolute Gasteiger partial charge is 0.119 e. The van der Waals surface area contributed by atoms with Crippen LogP contribution in [0.15, 0.2) is 60.2 Å². The zero-order chi connectivity index (χ0) is 20.4. The van der Waals surface area contributed by atoms with E-state index in [9.17, 15) is 0 Å². The third-order valence-electron chi connectivity index (χ3n) is 5.26. The second kappa shape index (κ2) is 11.3. The van der Waals surface area contributed by atoms with E-state index in [1.165, 1.54) is 36.8 Å². The molecule has 0 bridgehead atoms. The van der Waals surface area contributed by atoms with Crippen molar-refractivity contribution in [1.29, 1.82) is 0 Å². The van der Waals surface area contributed by atoms with Crippen LogP contribution >= 0.6 is 0 Å². The van der Waals surface area contributed by atoms with E-state index in [2.05, 4.69) is 82.2 Å². The van der Waals surface area contributed by atoms with Crippen LogP contribution < -0.4 is 4.74 Å². The molecule has 0 aliphatic heterocycles. The van der Waals surface area contributed by atoms with Gasteiger partial charge < -0.3 is 9.64 Å². The summed E-state index contributed by atoms with van der Waals surface area (Å²) in [5.41, 5.74) is 2.53. The maximum Gasteiger partial charge on any atom is 0.119 e. The molecule has 2 aliphatic carbocycles. The van der Waals surface area contributed by atoms with E-state index in [0.717, 1.165) is 24.8 Å². The number of ether oxygens (including phenoxy) is 1. The summed E-state index contributed by atoms with van der Waals surface area (Å²) in [7, 11) is 2.21. The van der Waals surface area contributed by atoms with E-state index >= 15 is 0 Å². The molecule has 0 N–H and O–H groups in total.